The van der Waals surface area contributed by atoms with Crippen molar-refractivity contribution in [3.8, 4) is 0 Å². The van der Waals surface area contributed by atoms with Crippen LogP contribution in [-0.4, -0.2) is 21.8 Å². The molecule has 0 aliphatic heterocycles. The summed E-state index contributed by atoms with van der Waals surface area (Å²) in [6.07, 6.45) is 4.93. The van der Waals surface area contributed by atoms with Crippen LogP contribution in [0.2, 0.25) is 0 Å². The second-order valence-electron chi connectivity index (χ2n) is 3.04. The van der Waals surface area contributed by atoms with E-state index in [-0.39, 0.29) is 0 Å². The smallest absolute Gasteiger partial charge is 0.137 e. The molecule has 0 aliphatic rings. The monoisotopic (exact) mass is 192 g/mol. The molecule has 0 radical (unpaired) electrons. The van der Waals surface area contributed by atoms with Gasteiger partial charge in [-0.05, 0) is 13.1 Å². The van der Waals surface area contributed by atoms with Crippen molar-refractivity contribution < 1.29 is 4.42 Å². The van der Waals surface area contributed by atoms with Gasteiger partial charge in [-0.1, -0.05) is 0 Å². The highest BCUT2D eigenvalue weighted by Crippen LogP contribution is 2.08. The van der Waals surface area contributed by atoms with Crippen molar-refractivity contribution in [1.82, 2.24) is 20.1 Å². The Balaban J connectivity index is 2.03. The molecule has 5 nitrogen and oxygen atoms in total. The van der Waals surface area contributed by atoms with E-state index < -0.39 is 0 Å². The molecule has 0 bridgehead atoms. The molecular weight excluding hydrogens is 180 g/mol. The first-order valence-electron chi connectivity index (χ1n) is 4.42. The normalized spacial score (nSPS) is 10.6. The van der Waals surface area contributed by atoms with Gasteiger partial charge in [-0.3, -0.25) is 0 Å². The molecular formula is C9H12N4O. The van der Waals surface area contributed by atoms with E-state index >= 15 is 0 Å². The quantitative estimate of drug-likeness (QED) is 0.772. The first kappa shape index (κ1) is 8.96. The highest BCUT2D eigenvalue weighted by Gasteiger charge is 2.01. The third-order valence-electron chi connectivity index (χ3n) is 1.87. The van der Waals surface area contributed by atoms with Crippen LogP contribution in [0, 0.1) is 0 Å². The van der Waals surface area contributed by atoms with Gasteiger partial charge in [0.2, 0.25) is 0 Å². The topological polar surface area (TPSA) is 55.9 Å². The zero-order valence-electron chi connectivity index (χ0n) is 7.97. The average molecular weight is 192 g/mol. The van der Waals surface area contributed by atoms with Gasteiger partial charge in [0.15, 0.2) is 0 Å². The van der Waals surface area contributed by atoms with E-state index in [1.54, 1.807) is 17.3 Å². The largest absolute Gasteiger partial charge is 0.467 e. The zero-order chi connectivity index (χ0) is 9.80. The Morgan fingerprint density at radius 3 is 3.21 bits per heavy atom. The summed E-state index contributed by atoms with van der Waals surface area (Å²) in [4.78, 5) is 3.86. The van der Waals surface area contributed by atoms with E-state index in [0.29, 0.717) is 6.54 Å². The molecule has 0 fully saturated rings. The number of nitrogens with one attached hydrogen (secondary N) is 1. The third-order valence-corrected chi connectivity index (χ3v) is 1.87. The van der Waals surface area contributed by atoms with Gasteiger partial charge < -0.3 is 9.73 Å². The summed E-state index contributed by atoms with van der Waals surface area (Å²) >= 11 is 0. The van der Waals surface area contributed by atoms with Crippen LogP contribution in [0.25, 0.3) is 0 Å². The van der Waals surface area contributed by atoms with Crippen LogP contribution in [0.5, 0.6) is 0 Å². The number of hydrogen-bond donors (Lipinski definition) is 1. The fraction of sp³-hybridized carbons (Fsp3) is 0.333. The highest BCUT2D eigenvalue weighted by molar-refractivity contribution is 5.12. The van der Waals surface area contributed by atoms with Gasteiger partial charge >= 0.3 is 0 Å². The number of furan rings is 1. The van der Waals surface area contributed by atoms with Crippen molar-refractivity contribution in [2.45, 2.75) is 13.1 Å². The predicted molar refractivity (Wildman–Crippen MR) is 50.6 cm³/mol. The van der Waals surface area contributed by atoms with E-state index in [9.17, 15) is 0 Å². The molecule has 0 aliphatic carbocycles. The minimum absolute atomic E-state index is 0.629. The summed E-state index contributed by atoms with van der Waals surface area (Å²) in [7, 11) is 1.91. The lowest BCUT2D eigenvalue weighted by Crippen LogP contribution is -2.03. The fourth-order valence-electron chi connectivity index (χ4n) is 1.28. The van der Waals surface area contributed by atoms with E-state index in [1.807, 2.05) is 13.1 Å². The maximum Gasteiger partial charge on any atom is 0.137 e. The van der Waals surface area contributed by atoms with Crippen LogP contribution in [0.3, 0.4) is 0 Å². The molecule has 5 heteroatoms. The van der Waals surface area contributed by atoms with Crippen molar-refractivity contribution >= 4 is 0 Å². The second-order valence-corrected chi connectivity index (χ2v) is 3.04. The Hall–Kier alpha value is -1.62. The van der Waals surface area contributed by atoms with Crippen molar-refractivity contribution in [2.75, 3.05) is 7.05 Å². The first-order valence-corrected chi connectivity index (χ1v) is 4.42. The Kier molecular flexibility index (Phi) is 2.60. The van der Waals surface area contributed by atoms with Gasteiger partial charge in [0, 0.05) is 12.1 Å². The van der Waals surface area contributed by atoms with E-state index in [0.717, 1.165) is 17.9 Å². The van der Waals surface area contributed by atoms with E-state index in [2.05, 4.69) is 15.4 Å². The Bertz CT molecular complexity index is 379. The first-order chi connectivity index (χ1) is 6.88. The number of rotatable bonds is 4. The maximum atomic E-state index is 5.36. The molecule has 0 spiro atoms. The maximum absolute atomic E-state index is 5.36. The molecule has 2 heterocycles. The van der Waals surface area contributed by atoms with Crippen molar-refractivity contribution in [1.29, 1.82) is 0 Å². The van der Waals surface area contributed by atoms with Crippen molar-refractivity contribution in [3.63, 3.8) is 0 Å². The van der Waals surface area contributed by atoms with Crippen LogP contribution in [0.15, 0.2) is 29.4 Å². The number of hydrogen-bond acceptors (Lipinski definition) is 4. The van der Waals surface area contributed by atoms with Gasteiger partial charge in [0.1, 0.15) is 25.0 Å². The lowest BCUT2D eigenvalue weighted by Gasteiger charge is -1.94. The molecule has 0 amide bonds. The lowest BCUT2D eigenvalue weighted by molar-refractivity contribution is 0.478. The van der Waals surface area contributed by atoms with Crippen molar-refractivity contribution in [3.05, 3.63) is 36.3 Å². The molecule has 2 rings (SSSR count). The van der Waals surface area contributed by atoms with Gasteiger partial charge in [-0.2, -0.15) is 5.10 Å². The lowest BCUT2D eigenvalue weighted by atomic mass is 10.3. The van der Waals surface area contributed by atoms with Crippen LogP contribution in [-0.2, 0) is 13.1 Å². The summed E-state index contributed by atoms with van der Waals surface area (Å²) < 4.78 is 7.09. The molecule has 0 aromatic carbocycles. The van der Waals surface area contributed by atoms with Gasteiger partial charge in [0.05, 0.1) is 6.26 Å². The van der Waals surface area contributed by atoms with Gasteiger partial charge in [-0.25, -0.2) is 9.67 Å². The van der Waals surface area contributed by atoms with E-state index in [4.69, 9.17) is 4.42 Å². The molecule has 1 N–H and O–H groups in total. The Morgan fingerprint density at radius 1 is 1.57 bits per heavy atom. The molecule has 0 saturated heterocycles. The minimum atomic E-state index is 0.629. The SMILES string of the molecule is CNCc1coc(Cn2cncn2)c1. The third kappa shape index (κ3) is 2.00. The van der Waals surface area contributed by atoms with Gasteiger partial charge in [0.25, 0.3) is 0 Å². The summed E-state index contributed by atoms with van der Waals surface area (Å²) in [6, 6.07) is 2.01. The van der Waals surface area contributed by atoms with Gasteiger partial charge in [-0.15, -0.1) is 0 Å². The predicted octanol–water partition coefficient (Wildman–Crippen LogP) is 0.639. The highest BCUT2D eigenvalue weighted by atomic mass is 16.3. The van der Waals surface area contributed by atoms with E-state index in [1.165, 1.54) is 6.33 Å². The minimum Gasteiger partial charge on any atom is -0.467 e. The second kappa shape index (κ2) is 4.06. The summed E-state index contributed by atoms with van der Waals surface area (Å²) in [5.74, 6) is 0.890. The van der Waals surface area contributed by atoms with Crippen LogP contribution in [0.1, 0.15) is 11.3 Å². The molecule has 0 saturated carbocycles. The van der Waals surface area contributed by atoms with Crippen LogP contribution < -0.4 is 5.32 Å². The molecule has 14 heavy (non-hydrogen) atoms. The molecule has 0 atom stereocenters. The van der Waals surface area contributed by atoms with Crippen LogP contribution >= 0.6 is 0 Å². The number of aromatic nitrogens is 3. The standard InChI is InChI=1S/C9H12N4O/c1-10-3-8-2-9(14-5-8)4-13-7-11-6-12-13/h2,5-7,10H,3-4H2,1H3. The molecule has 74 valence electrons. The summed E-state index contributed by atoms with van der Waals surface area (Å²) in [6.45, 7) is 1.45. The molecule has 2 aromatic rings. The summed E-state index contributed by atoms with van der Waals surface area (Å²) in [5, 5.41) is 7.06. The molecule has 0 unspecified atom stereocenters. The Morgan fingerprint density at radius 2 is 2.50 bits per heavy atom. The Labute approximate surface area is 81.8 Å². The number of nitrogens with zero attached hydrogens (tertiary/aromatic N) is 3. The fourth-order valence-corrected chi connectivity index (χ4v) is 1.28. The molecule has 2 aromatic heterocycles. The zero-order valence-corrected chi connectivity index (χ0v) is 7.97. The van der Waals surface area contributed by atoms with Crippen molar-refractivity contribution in [2.24, 2.45) is 0 Å². The average Bonchev–Trinajstić information content (AvgIpc) is 2.79. The van der Waals surface area contributed by atoms with Crippen LogP contribution in [0.4, 0.5) is 0 Å². The summed E-state index contributed by atoms with van der Waals surface area (Å²) in [5.41, 5.74) is 1.14.